The number of carbonyl (C=O) groups is 2. The number of rotatable bonds is 5. The molecule has 0 atom stereocenters. The van der Waals surface area contributed by atoms with E-state index in [1.165, 1.54) is 18.5 Å². The summed E-state index contributed by atoms with van der Waals surface area (Å²) in [5, 5.41) is 5.88. The maximum Gasteiger partial charge on any atom is 0.255 e. The van der Waals surface area contributed by atoms with Gasteiger partial charge in [-0.1, -0.05) is 6.92 Å². The zero-order valence-electron chi connectivity index (χ0n) is 16.3. The van der Waals surface area contributed by atoms with Crippen LogP contribution in [0.5, 0.6) is 0 Å². The largest absolute Gasteiger partial charge is 0.372 e. The van der Waals surface area contributed by atoms with Gasteiger partial charge in [-0.05, 0) is 80.1 Å². The van der Waals surface area contributed by atoms with E-state index in [0.717, 1.165) is 37.5 Å². The Hall–Kier alpha value is -2.82. The van der Waals surface area contributed by atoms with Crippen LogP contribution < -0.4 is 15.5 Å². The molecule has 1 heterocycles. The molecule has 5 nitrogen and oxygen atoms in total. The Morgan fingerprint density at radius 3 is 1.96 bits per heavy atom. The maximum absolute atomic E-state index is 12.5. The van der Waals surface area contributed by atoms with E-state index in [9.17, 15) is 9.59 Å². The molecule has 1 saturated carbocycles. The molecule has 4 rings (SSSR count). The van der Waals surface area contributed by atoms with E-state index < -0.39 is 0 Å². The second kappa shape index (κ2) is 8.05. The normalized spacial score (nSPS) is 17.2. The number of nitrogens with one attached hydrogen (secondary N) is 2. The monoisotopic (exact) mass is 377 g/mol. The van der Waals surface area contributed by atoms with Crippen molar-refractivity contribution in [2.75, 3.05) is 23.3 Å². The van der Waals surface area contributed by atoms with E-state index in [2.05, 4.69) is 34.6 Å². The van der Waals surface area contributed by atoms with Crippen LogP contribution in [0.25, 0.3) is 0 Å². The summed E-state index contributed by atoms with van der Waals surface area (Å²) in [4.78, 5) is 26.9. The summed E-state index contributed by atoms with van der Waals surface area (Å²) < 4.78 is 0. The minimum absolute atomic E-state index is 0.0721. The van der Waals surface area contributed by atoms with Gasteiger partial charge in [0, 0.05) is 41.6 Å². The fourth-order valence-corrected chi connectivity index (χ4v) is 3.50. The molecule has 2 N–H and O–H groups in total. The molecule has 2 aliphatic rings. The SMILES string of the molecule is CC1CCN(c2ccc(NC(=O)c3ccc(C(=O)NC4CC4)cc3)cc2)CC1. The number of hydrogen-bond donors (Lipinski definition) is 2. The zero-order valence-corrected chi connectivity index (χ0v) is 16.3. The summed E-state index contributed by atoms with van der Waals surface area (Å²) in [7, 11) is 0. The molecule has 0 bridgehead atoms. The van der Waals surface area contributed by atoms with Crippen molar-refractivity contribution in [2.24, 2.45) is 5.92 Å². The minimum atomic E-state index is -0.173. The quantitative estimate of drug-likeness (QED) is 0.826. The number of hydrogen-bond acceptors (Lipinski definition) is 3. The molecule has 2 aromatic rings. The summed E-state index contributed by atoms with van der Waals surface area (Å²) in [6, 6.07) is 15.1. The fraction of sp³-hybridized carbons (Fsp3) is 0.391. The van der Waals surface area contributed by atoms with Gasteiger partial charge in [-0.3, -0.25) is 9.59 Å². The predicted molar refractivity (Wildman–Crippen MR) is 112 cm³/mol. The van der Waals surface area contributed by atoms with E-state index in [1.807, 2.05) is 12.1 Å². The molecule has 0 spiro atoms. The smallest absolute Gasteiger partial charge is 0.255 e. The molecule has 146 valence electrons. The summed E-state index contributed by atoms with van der Waals surface area (Å²) >= 11 is 0. The van der Waals surface area contributed by atoms with Crippen LogP contribution in [0.15, 0.2) is 48.5 Å². The van der Waals surface area contributed by atoms with E-state index in [0.29, 0.717) is 17.2 Å². The molecule has 0 unspecified atom stereocenters. The molecule has 1 aliphatic carbocycles. The second-order valence-electron chi connectivity index (χ2n) is 8.00. The highest BCUT2D eigenvalue weighted by Crippen LogP contribution is 2.24. The van der Waals surface area contributed by atoms with Crippen LogP contribution in [0.4, 0.5) is 11.4 Å². The Kier molecular flexibility index (Phi) is 5.33. The van der Waals surface area contributed by atoms with Crippen LogP contribution in [-0.2, 0) is 0 Å². The van der Waals surface area contributed by atoms with Crippen molar-refractivity contribution in [1.82, 2.24) is 5.32 Å². The maximum atomic E-state index is 12.5. The number of amides is 2. The van der Waals surface area contributed by atoms with Gasteiger partial charge in [0.1, 0.15) is 0 Å². The first kappa shape index (κ1) is 18.5. The number of nitrogens with zero attached hydrogens (tertiary/aromatic N) is 1. The van der Waals surface area contributed by atoms with Gasteiger partial charge in [-0.25, -0.2) is 0 Å². The third-order valence-electron chi connectivity index (χ3n) is 5.60. The van der Waals surface area contributed by atoms with Gasteiger partial charge in [0.05, 0.1) is 0 Å². The lowest BCUT2D eigenvalue weighted by Crippen LogP contribution is -2.32. The lowest BCUT2D eigenvalue weighted by atomic mass is 9.99. The first-order chi connectivity index (χ1) is 13.6. The first-order valence-corrected chi connectivity index (χ1v) is 10.2. The highest BCUT2D eigenvalue weighted by molar-refractivity contribution is 6.05. The Balaban J connectivity index is 1.34. The minimum Gasteiger partial charge on any atom is -0.372 e. The molecular weight excluding hydrogens is 350 g/mol. The Morgan fingerprint density at radius 2 is 1.39 bits per heavy atom. The van der Waals surface area contributed by atoms with E-state index in [-0.39, 0.29) is 11.8 Å². The summed E-state index contributed by atoms with van der Waals surface area (Å²) in [6.07, 6.45) is 4.57. The second-order valence-corrected chi connectivity index (χ2v) is 8.00. The first-order valence-electron chi connectivity index (χ1n) is 10.2. The average Bonchev–Trinajstić information content (AvgIpc) is 3.53. The van der Waals surface area contributed by atoms with Gasteiger partial charge >= 0.3 is 0 Å². The van der Waals surface area contributed by atoms with E-state index in [4.69, 9.17) is 0 Å². The van der Waals surface area contributed by atoms with Crippen LogP contribution in [0.3, 0.4) is 0 Å². The van der Waals surface area contributed by atoms with Crippen molar-refractivity contribution in [3.8, 4) is 0 Å². The fourth-order valence-electron chi connectivity index (χ4n) is 3.50. The molecule has 0 radical (unpaired) electrons. The van der Waals surface area contributed by atoms with Crippen molar-refractivity contribution in [2.45, 2.75) is 38.6 Å². The molecule has 2 amide bonds. The molecule has 1 aliphatic heterocycles. The van der Waals surface area contributed by atoms with Crippen LogP contribution in [-0.4, -0.2) is 30.9 Å². The Labute approximate surface area is 166 Å². The van der Waals surface area contributed by atoms with Crippen LogP contribution in [0.1, 0.15) is 53.3 Å². The molecular formula is C23H27N3O2. The molecule has 5 heteroatoms. The van der Waals surface area contributed by atoms with Crippen molar-refractivity contribution < 1.29 is 9.59 Å². The number of carbonyl (C=O) groups excluding carboxylic acids is 2. The Bertz CT molecular complexity index is 833. The summed E-state index contributed by atoms with van der Waals surface area (Å²) in [5.74, 6) is 0.562. The summed E-state index contributed by atoms with van der Waals surface area (Å²) in [6.45, 7) is 4.49. The van der Waals surface area contributed by atoms with Crippen molar-refractivity contribution in [3.05, 3.63) is 59.7 Å². The molecule has 2 aromatic carbocycles. The van der Waals surface area contributed by atoms with Crippen LogP contribution in [0, 0.1) is 5.92 Å². The zero-order chi connectivity index (χ0) is 19.5. The van der Waals surface area contributed by atoms with E-state index in [1.54, 1.807) is 24.3 Å². The third-order valence-corrected chi connectivity index (χ3v) is 5.60. The standard InChI is InChI=1S/C23H27N3O2/c1-16-12-14-26(15-13-16)21-10-8-20(9-11-21)25-23(28)18-4-2-17(3-5-18)22(27)24-19-6-7-19/h2-5,8-11,16,19H,6-7,12-15H2,1H3,(H,24,27)(H,25,28). The van der Waals surface area contributed by atoms with Gasteiger partial charge in [0.15, 0.2) is 0 Å². The Morgan fingerprint density at radius 1 is 0.821 bits per heavy atom. The van der Waals surface area contributed by atoms with Gasteiger partial charge in [0.2, 0.25) is 0 Å². The lowest BCUT2D eigenvalue weighted by molar-refractivity contribution is 0.0949. The molecule has 1 saturated heterocycles. The van der Waals surface area contributed by atoms with Gasteiger partial charge in [-0.15, -0.1) is 0 Å². The highest BCUT2D eigenvalue weighted by atomic mass is 16.2. The lowest BCUT2D eigenvalue weighted by Gasteiger charge is -2.32. The average molecular weight is 377 g/mol. The molecule has 2 fully saturated rings. The van der Waals surface area contributed by atoms with Crippen LogP contribution in [0.2, 0.25) is 0 Å². The molecule has 28 heavy (non-hydrogen) atoms. The van der Waals surface area contributed by atoms with E-state index >= 15 is 0 Å². The van der Waals surface area contributed by atoms with Crippen molar-refractivity contribution in [3.63, 3.8) is 0 Å². The molecule has 0 aromatic heterocycles. The number of anilines is 2. The predicted octanol–water partition coefficient (Wildman–Crippen LogP) is 4.07. The van der Waals surface area contributed by atoms with Gasteiger partial charge < -0.3 is 15.5 Å². The number of benzene rings is 2. The van der Waals surface area contributed by atoms with Crippen molar-refractivity contribution >= 4 is 23.2 Å². The van der Waals surface area contributed by atoms with Crippen LogP contribution >= 0.6 is 0 Å². The van der Waals surface area contributed by atoms with Gasteiger partial charge in [-0.2, -0.15) is 0 Å². The third kappa shape index (κ3) is 4.53. The number of piperidine rings is 1. The topological polar surface area (TPSA) is 61.4 Å². The highest BCUT2D eigenvalue weighted by Gasteiger charge is 2.23. The van der Waals surface area contributed by atoms with Gasteiger partial charge in [0.25, 0.3) is 11.8 Å². The summed E-state index contributed by atoms with van der Waals surface area (Å²) in [5.41, 5.74) is 3.10. The van der Waals surface area contributed by atoms with Crippen molar-refractivity contribution in [1.29, 1.82) is 0 Å².